The first-order chi connectivity index (χ1) is 11.1. The van der Waals surface area contributed by atoms with Gasteiger partial charge in [-0.2, -0.15) is 0 Å². The molecule has 1 amide bonds. The van der Waals surface area contributed by atoms with Gasteiger partial charge in [0.15, 0.2) is 0 Å². The number of carbonyl (C=O) groups is 1. The Kier molecular flexibility index (Phi) is 9.13. The molecule has 0 aliphatic carbocycles. The first-order valence-corrected chi connectivity index (χ1v) is 9.33. The third kappa shape index (κ3) is 5.38. The fraction of sp³-hybridized carbons (Fsp3) is 0.611. The van der Waals surface area contributed by atoms with Gasteiger partial charge in [0.2, 0.25) is 5.91 Å². The lowest BCUT2D eigenvalue weighted by atomic mass is 9.78. The highest BCUT2D eigenvalue weighted by atomic mass is 35.5. The van der Waals surface area contributed by atoms with Crippen molar-refractivity contribution in [1.82, 2.24) is 10.6 Å². The molecule has 6 heteroatoms. The Balaban J connectivity index is 0.00000288. The van der Waals surface area contributed by atoms with Gasteiger partial charge in [0.25, 0.3) is 0 Å². The molecule has 0 saturated carbocycles. The zero-order valence-electron chi connectivity index (χ0n) is 14.8. The molecule has 1 aliphatic heterocycles. The second kappa shape index (κ2) is 10.3. The van der Waals surface area contributed by atoms with Crippen LogP contribution in [0.4, 0.5) is 0 Å². The number of carbonyl (C=O) groups excluding carboxylic acids is 1. The molecule has 1 fully saturated rings. The average Bonchev–Trinajstić information content (AvgIpc) is 2.57. The van der Waals surface area contributed by atoms with Gasteiger partial charge in [-0.1, -0.05) is 19.1 Å². The van der Waals surface area contributed by atoms with Gasteiger partial charge in [-0.05, 0) is 56.3 Å². The molecule has 1 unspecified atom stereocenters. The van der Waals surface area contributed by atoms with Crippen LogP contribution in [-0.2, 0) is 9.53 Å². The quantitative estimate of drug-likeness (QED) is 0.720. The minimum atomic E-state index is -0.397. The van der Waals surface area contributed by atoms with E-state index in [0.29, 0.717) is 6.61 Å². The number of hydrogen-bond donors (Lipinski definition) is 2. The molecule has 2 rings (SSSR count). The Hall–Kier alpha value is -0.750. The maximum Gasteiger partial charge on any atom is 0.229 e. The number of rotatable bonds is 7. The Labute approximate surface area is 155 Å². The van der Waals surface area contributed by atoms with Crippen LogP contribution in [-0.4, -0.2) is 38.5 Å². The third-order valence-electron chi connectivity index (χ3n) is 4.50. The Morgan fingerprint density at radius 1 is 1.33 bits per heavy atom. The number of methoxy groups -OCH3 is 1. The molecule has 1 saturated heterocycles. The van der Waals surface area contributed by atoms with Crippen molar-refractivity contribution in [3.8, 4) is 0 Å². The van der Waals surface area contributed by atoms with Gasteiger partial charge >= 0.3 is 0 Å². The summed E-state index contributed by atoms with van der Waals surface area (Å²) >= 11 is 1.83. The van der Waals surface area contributed by atoms with E-state index in [4.69, 9.17) is 4.74 Å². The Bertz CT molecular complexity index is 499. The summed E-state index contributed by atoms with van der Waals surface area (Å²) in [6.07, 6.45) is 1.65. The molecule has 2 N–H and O–H groups in total. The molecule has 4 nitrogen and oxygen atoms in total. The lowest BCUT2D eigenvalue weighted by molar-refractivity contribution is -0.136. The van der Waals surface area contributed by atoms with Crippen LogP contribution in [0.25, 0.3) is 0 Å². The molecule has 1 atom stereocenters. The van der Waals surface area contributed by atoms with Crippen LogP contribution in [0.1, 0.15) is 38.3 Å². The van der Waals surface area contributed by atoms with E-state index in [2.05, 4.69) is 41.8 Å². The van der Waals surface area contributed by atoms with Gasteiger partial charge in [0.1, 0.15) is 0 Å². The number of benzene rings is 1. The molecule has 24 heavy (non-hydrogen) atoms. The lowest BCUT2D eigenvalue weighted by Crippen LogP contribution is -2.50. The van der Waals surface area contributed by atoms with Gasteiger partial charge in [-0.15, -0.1) is 24.2 Å². The fourth-order valence-corrected chi connectivity index (χ4v) is 3.73. The molecule has 1 heterocycles. The van der Waals surface area contributed by atoms with Crippen LogP contribution in [0, 0.1) is 5.41 Å². The van der Waals surface area contributed by atoms with Crippen molar-refractivity contribution < 1.29 is 9.53 Å². The summed E-state index contributed by atoms with van der Waals surface area (Å²) in [5, 5.41) is 6.51. The third-order valence-corrected chi connectivity index (χ3v) is 5.40. The zero-order valence-corrected chi connectivity index (χ0v) is 16.4. The molecular weight excluding hydrogens is 344 g/mol. The Morgan fingerprint density at radius 3 is 2.50 bits per heavy atom. The minimum Gasteiger partial charge on any atom is -0.384 e. The van der Waals surface area contributed by atoms with E-state index in [1.54, 1.807) is 7.11 Å². The van der Waals surface area contributed by atoms with Gasteiger partial charge in [-0.3, -0.25) is 4.79 Å². The second-order valence-electron chi connectivity index (χ2n) is 6.16. The number of nitrogens with one attached hydrogen (secondary N) is 2. The average molecular weight is 373 g/mol. The second-order valence-corrected chi connectivity index (χ2v) is 7.50. The maximum absolute atomic E-state index is 12.8. The highest BCUT2D eigenvalue weighted by Crippen LogP contribution is 2.30. The largest absolute Gasteiger partial charge is 0.384 e. The first-order valence-electron chi connectivity index (χ1n) is 8.34. The van der Waals surface area contributed by atoms with Crippen LogP contribution in [0.3, 0.4) is 0 Å². The van der Waals surface area contributed by atoms with Gasteiger partial charge in [0, 0.05) is 12.0 Å². The molecule has 0 aromatic heterocycles. The number of halogens is 1. The van der Waals surface area contributed by atoms with Gasteiger partial charge in [0.05, 0.1) is 18.1 Å². The van der Waals surface area contributed by atoms with Crippen molar-refractivity contribution in [2.24, 2.45) is 5.41 Å². The standard InChI is InChI=1S/C18H28N2O2S.ClH/c1-4-23-16-7-5-15(6-8-16)14(2)20-17(21)18(13-22-3)9-11-19-12-10-18;/h5-8,14,19H,4,9-13H2,1-3H3,(H,20,21);1H. The van der Waals surface area contributed by atoms with E-state index < -0.39 is 5.41 Å². The van der Waals surface area contributed by atoms with Crippen LogP contribution >= 0.6 is 24.2 Å². The van der Waals surface area contributed by atoms with Crippen molar-refractivity contribution >= 4 is 30.1 Å². The number of piperidine rings is 1. The summed E-state index contributed by atoms with van der Waals surface area (Å²) in [4.78, 5) is 14.1. The predicted octanol–water partition coefficient (Wildman–Crippen LogP) is 3.41. The van der Waals surface area contributed by atoms with Crippen molar-refractivity contribution in [1.29, 1.82) is 0 Å². The molecule has 0 spiro atoms. The topological polar surface area (TPSA) is 50.4 Å². The molecule has 0 bridgehead atoms. The summed E-state index contributed by atoms with van der Waals surface area (Å²) in [7, 11) is 1.67. The fourth-order valence-electron chi connectivity index (χ4n) is 3.07. The van der Waals surface area contributed by atoms with E-state index in [0.717, 1.165) is 37.2 Å². The van der Waals surface area contributed by atoms with Gasteiger partial charge < -0.3 is 15.4 Å². The summed E-state index contributed by atoms with van der Waals surface area (Å²) < 4.78 is 5.34. The van der Waals surface area contributed by atoms with Gasteiger partial charge in [-0.25, -0.2) is 0 Å². The number of thioether (sulfide) groups is 1. The SMILES string of the molecule is CCSc1ccc(C(C)NC(=O)C2(COC)CCNCC2)cc1.Cl. The number of hydrogen-bond acceptors (Lipinski definition) is 4. The predicted molar refractivity (Wildman–Crippen MR) is 103 cm³/mol. The van der Waals surface area contributed by atoms with Crippen LogP contribution in [0.2, 0.25) is 0 Å². The maximum atomic E-state index is 12.8. The van der Waals surface area contributed by atoms with Crippen LogP contribution in [0.5, 0.6) is 0 Å². The normalized spacial score (nSPS) is 17.6. The van der Waals surface area contributed by atoms with E-state index in [-0.39, 0.29) is 24.4 Å². The van der Waals surface area contributed by atoms with E-state index in [1.807, 2.05) is 18.7 Å². The summed E-state index contributed by atoms with van der Waals surface area (Å²) in [5.74, 6) is 1.18. The highest BCUT2D eigenvalue weighted by molar-refractivity contribution is 7.99. The van der Waals surface area contributed by atoms with Crippen LogP contribution in [0.15, 0.2) is 29.2 Å². The molecule has 1 aliphatic rings. The summed E-state index contributed by atoms with van der Waals surface area (Å²) in [6.45, 7) is 6.42. The van der Waals surface area contributed by atoms with Crippen molar-refractivity contribution in [3.05, 3.63) is 29.8 Å². The molecule has 1 aromatic rings. The molecule has 1 aromatic carbocycles. The minimum absolute atomic E-state index is 0. The Morgan fingerprint density at radius 2 is 1.96 bits per heavy atom. The molecular formula is C18H29ClN2O2S. The van der Waals surface area contributed by atoms with Crippen molar-refractivity contribution in [2.45, 2.75) is 37.6 Å². The van der Waals surface area contributed by atoms with E-state index >= 15 is 0 Å². The number of amides is 1. The monoisotopic (exact) mass is 372 g/mol. The highest BCUT2D eigenvalue weighted by Gasteiger charge is 2.40. The summed E-state index contributed by atoms with van der Waals surface area (Å²) in [6, 6.07) is 8.47. The van der Waals surface area contributed by atoms with E-state index in [9.17, 15) is 4.79 Å². The lowest BCUT2D eigenvalue weighted by Gasteiger charge is -2.36. The van der Waals surface area contributed by atoms with Crippen LogP contribution < -0.4 is 10.6 Å². The number of ether oxygens (including phenoxy) is 1. The zero-order chi connectivity index (χ0) is 16.7. The first kappa shape index (κ1) is 21.3. The smallest absolute Gasteiger partial charge is 0.229 e. The molecule has 136 valence electrons. The molecule has 0 radical (unpaired) electrons. The van der Waals surface area contributed by atoms with E-state index in [1.165, 1.54) is 4.90 Å². The van der Waals surface area contributed by atoms with Crippen molar-refractivity contribution in [3.63, 3.8) is 0 Å². The summed E-state index contributed by atoms with van der Waals surface area (Å²) in [5.41, 5.74) is 0.743. The van der Waals surface area contributed by atoms with Crippen molar-refractivity contribution in [2.75, 3.05) is 32.6 Å².